The second kappa shape index (κ2) is 3.98. The highest BCUT2D eigenvalue weighted by Crippen LogP contribution is 2.48. The molecule has 0 spiro atoms. The Morgan fingerprint density at radius 2 is 1.88 bits per heavy atom. The zero-order valence-corrected chi connectivity index (χ0v) is 9.15. The summed E-state index contributed by atoms with van der Waals surface area (Å²) in [5.41, 5.74) is 4.29. The molecule has 0 unspecified atom stereocenters. The molecule has 2 N–H and O–H groups in total. The first-order valence-corrected chi connectivity index (χ1v) is 5.43. The molecule has 0 atom stereocenters. The van der Waals surface area contributed by atoms with E-state index < -0.39 is 17.6 Å². The van der Waals surface area contributed by atoms with Crippen LogP contribution in [0.25, 0.3) is 0 Å². The zero-order chi connectivity index (χ0) is 12.7. The number of halogens is 4. The minimum atomic E-state index is -4.64. The van der Waals surface area contributed by atoms with Crippen LogP contribution in [0.5, 0.6) is 0 Å². The summed E-state index contributed by atoms with van der Waals surface area (Å²) in [5, 5.41) is 0. The van der Waals surface area contributed by atoms with Crippen molar-refractivity contribution in [2.45, 2.75) is 25.4 Å². The Morgan fingerprint density at radius 3 is 2.35 bits per heavy atom. The fourth-order valence-electron chi connectivity index (χ4n) is 1.97. The van der Waals surface area contributed by atoms with E-state index in [-0.39, 0.29) is 11.0 Å². The minimum Gasteiger partial charge on any atom is -0.330 e. The Labute approximate surface area is 96.6 Å². The monoisotopic (exact) mass is 247 g/mol. The van der Waals surface area contributed by atoms with Crippen LogP contribution < -0.4 is 5.73 Å². The number of hydrogen-bond donors (Lipinski definition) is 1. The second-order valence-electron chi connectivity index (χ2n) is 4.66. The smallest absolute Gasteiger partial charge is 0.330 e. The van der Waals surface area contributed by atoms with E-state index >= 15 is 0 Å². The summed E-state index contributed by atoms with van der Waals surface area (Å²) in [6.07, 6.45) is -2.63. The van der Waals surface area contributed by atoms with Gasteiger partial charge in [0.05, 0.1) is 5.56 Å². The van der Waals surface area contributed by atoms with Crippen LogP contribution in [0.15, 0.2) is 18.2 Å². The molecule has 2 rings (SSSR count). The molecule has 1 aromatic carbocycles. The lowest BCUT2D eigenvalue weighted by Gasteiger charge is -2.15. The van der Waals surface area contributed by atoms with Crippen LogP contribution in [0.1, 0.15) is 24.0 Å². The first kappa shape index (κ1) is 12.4. The molecular weight excluding hydrogens is 234 g/mol. The van der Waals surface area contributed by atoms with Crippen molar-refractivity contribution in [2.24, 2.45) is 11.1 Å². The summed E-state index contributed by atoms with van der Waals surface area (Å²) in [4.78, 5) is 0. The van der Waals surface area contributed by atoms with E-state index in [1.807, 2.05) is 0 Å². The van der Waals surface area contributed by atoms with E-state index in [2.05, 4.69) is 0 Å². The molecule has 5 heteroatoms. The third kappa shape index (κ3) is 2.44. The van der Waals surface area contributed by atoms with E-state index in [4.69, 9.17) is 5.73 Å². The zero-order valence-electron chi connectivity index (χ0n) is 9.15. The standard InChI is InChI=1S/C12H13F4N/c13-10-8(6-11(7-17)4-5-11)2-1-3-9(10)12(14,15)16/h1-3H,4-7,17H2. The van der Waals surface area contributed by atoms with Crippen LogP contribution >= 0.6 is 0 Å². The molecule has 1 nitrogen and oxygen atoms in total. The molecule has 17 heavy (non-hydrogen) atoms. The normalized spacial score (nSPS) is 18.2. The largest absolute Gasteiger partial charge is 0.419 e. The van der Waals surface area contributed by atoms with Crippen molar-refractivity contribution in [3.05, 3.63) is 35.1 Å². The van der Waals surface area contributed by atoms with Gasteiger partial charge in [-0.15, -0.1) is 0 Å². The number of nitrogens with two attached hydrogens (primary N) is 1. The molecule has 0 aromatic heterocycles. The molecule has 1 saturated carbocycles. The van der Waals surface area contributed by atoms with E-state index in [9.17, 15) is 17.6 Å². The van der Waals surface area contributed by atoms with Gasteiger partial charge in [0.15, 0.2) is 0 Å². The summed E-state index contributed by atoms with van der Waals surface area (Å²) >= 11 is 0. The summed E-state index contributed by atoms with van der Waals surface area (Å²) in [5.74, 6) is -1.15. The molecule has 0 heterocycles. The van der Waals surface area contributed by atoms with Crippen LogP contribution in [-0.2, 0) is 12.6 Å². The van der Waals surface area contributed by atoms with Gasteiger partial charge in [-0.3, -0.25) is 0 Å². The van der Waals surface area contributed by atoms with Crippen molar-refractivity contribution in [1.82, 2.24) is 0 Å². The van der Waals surface area contributed by atoms with Gasteiger partial charge in [-0.1, -0.05) is 12.1 Å². The molecule has 0 aliphatic heterocycles. The summed E-state index contributed by atoms with van der Waals surface area (Å²) in [6.45, 7) is 0.392. The van der Waals surface area contributed by atoms with Gasteiger partial charge in [0.2, 0.25) is 0 Å². The van der Waals surface area contributed by atoms with E-state index in [1.165, 1.54) is 12.1 Å². The third-order valence-electron chi connectivity index (χ3n) is 3.34. The van der Waals surface area contributed by atoms with Crippen LogP contribution in [0, 0.1) is 11.2 Å². The summed E-state index contributed by atoms with van der Waals surface area (Å²) in [6, 6.07) is 3.41. The Balaban J connectivity index is 2.30. The topological polar surface area (TPSA) is 26.0 Å². The average Bonchev–Trinajstić information content (AvgIpc) is 3.00. The van der Waals surface area contributed by atoms with Crippen LogP contribution in [0.4, 0.5) is 17.6 Å². The van der Waals surface area contributed by atoms with Crippen LogP contribution in [0.2, 0.25) is 0 Å². The molecule has 0 bridgehead atoms. The first-order chi connectivity index (χ1) is 7.88. The maximum atomic E-state index is 13.7. The predicted molar refractivity (Wildman–Crippen MR) is 55.8 cm³/mol. The number of rotatable bonds is 3. The van der Waals surface area contributed by atoms with Crippen molar-refractivity contribution in [2.75, 3.05) is 6.54 Å². The van der Waals surface area contributed by atoms with Gasteiger partial charge in [-0.05, 0) is 42.9 Å². The van der Waals surface area contributed by atoms with Gasteiger partial charge in [0, 0.05) is 0 Å². The Bertz CT molecular complexity index is 421. The highest BCUT2D eigenvalue weighted by molar-refractivity contribution is 5.29. The van der Waals surface area contributed by atoms with Crippen molar-refractivity contribution in [3.8, 4) is 0 Å². The Morgan fingerprint density at radius 1 is 1.24 bits per heavy atom. The van der Waals surface area contributed by atoms with Crippen LogP contribution in [0.3, 0.4) is 0 Å². The van der Waals surface area contributed by atoms with E-state index in [0.29, 0.717) is 13.0 Å². The second-order valence-corrected chi connectivity index (χ2v) is 4.66. The van der Waals surface area contributed by atoms with Gasteiger partial charge >= 0.3 is 6.18 Å². The molecule has 0 radical (unpaired) electrons. The van der Waals surface area contributed by atoms with Gasteiger partial charge in [-0.2, -0.15) is 13.2 Å². The first-order valence-electron chi connectivity index (χ1n) is 5.43. The molecule has 0 saturated heterocycles. The van der Waals surface area contributed by atoms with Gasteiger partial charge in [0.1, 0.15) is 5.82 Å². The number of alkyl halides is 3. The molecular formula is C12H13F4N. The van der Waals surface area contributed by atoms with Crippen molar-refractivity contribution >= 4 is 0 Å². The maximum absolute atomic E-state index is 13.7. The summed E-state index contributed by atoms with van der Waals surface area (Å²) in [7, 11) is 0. The summed E-state index contributed by atoms with van der Waals surface area (Å²) < 4.78 is 51.2. The number of benzene rings is 1. The predicted octanol–water partition coefficient (Wildman–Crippen LogP) is 3.13. The highest BCUT2D eigenvalue weighted by atomic mass is 19.4. The van der Waals surface area contributed by atoms with Crippen molar-refractivity contribution < 1.29 is 17.6 Å². The molecule has 1 fully saturated rings. The lowest BCUT2D eigenvalue weighted by atomic mass is 9.95. The van der Waals surface area contributed by atoms with Gasteiger partial charge < -0.3 is 5.73 Å². The van der Waals surface area contributed by atoms with Gasteiger partial charge in [-0.25, -0.2) is 4.39 Å². The molecule has 0 amide bonds. The van der Waals surface area contributed by atoms with Crippen molar-refractivity contribution in [3.63, 3.8) is 0 Å². The lowest BCUT2D eigenvalue weighted by molar-refractivity contribution is -0.140. The lowest BCUT2D eigenvalue weighted by Crippen LogP contribution is -2.19. The number of hydrogen-bond acceptors (Lipinski definition) is 1. The fraction of sp³-hybridized carbons (Fsp3) is 0.500. The van der Waals surface area contributed by atoms with E-state index in [1.54, 1.807) is 0 Å². The van der Waals surface area contributed by atoms with Gasteiger partial charge in [0.25, 0.3) is 0 Å². The maximum Gasteiger partial charge on any atom is 0.419 e. The average molecular weight is 247 g/mol. The Kier molecular flexibility index (Phi) is 2.89. The molecule has 1 aliphatic rings. The fourth-order valence-corrected chi connectivity index (χ4v) is 1.97. The molecule has 1 aliphatic carbocycles. The third-order valence-corrected chi connectivity index (χ3v) is 3.34. The highest BCUT2D eigenvalue weighted by Gasteiger charge is 2.42. The minimum absolute atomic E-state index is 0.114. The molecule has 1 aromatic rings. The van der Waals surface area contributed by atoms with Crippen LogP contribution in [-0.4, -0.2) is 6.54 Å². The quantitative estimate of drug-likeness (QED) is 0.816. The Hall–Kier alpha value is -1.10. The van der Waals surface area contributed by atoms with Crippen molar-refractivity contribution in [1.29, 1.82) is 0 Å². The van der Waals surface area contributed by atoms with E-state index in [0.717, 1.165) is 18.9 Å². The SMILES string of the molecule is NCC1(Cc2cccc(C(F)(F)F)c2F)CC1. The molecule has 94 valence electrons.